The van der Waals surface area contributed by atoms with Crippen molar-refractivity contribution in [2.75, 3.05) is 23.7 Å². The molecule has 1 saturated heterocycles. The van der Waals surface area contributed by atoms with Crippen LogP contribution in [0.5, 0.6) is 0 Å². The molecule has 1 aliphatic rings. The molecule has 1 aliphatic heterocycles. The largest absolute Gasteiger partial charge is 0.395 e. The molecule has 2 N–H and O–H groups in total. The summed E-state index contributed by atoms with van der Waals surface area (Å²) in [6.07, 6.45) is 2.20. The minimum atomic E-state index is -0.673. The fraction of sp³-hybridized carbons (Fsp3) is 0.500. The van der Waals surface area contributed by atoms with Crippen LogP contribution < -0.4 is 10.6 Å². The second-order valence-corrected chi connectivity index (χ2v) is 4.51. The summed E-state index contributed by atoms with van der Waals surface area (Å²) in [5.41, 5.74) is 6.19. The maximum Gasteiger partial charge on any atom is 0.151 e. The van der Waals surface area contributed by atoms with Gasteiger partial charge in [0, 0.05) is 19.2 Å². The summed E-state index contributed by atoms with van der Waals surface area (Å²) < 4.78 is 26.4. The van der Waals surface area contributed by atoms with Gasteiger partial charge in [-0.1, -0.05) is 6.92 Å². The van der Waals surface area contributed by atoms with Gasteiger partial charge in [0.25, 0.3) is 0 Å². The third kappa shape index (κ3) is 2.10. The molecule has 1 heterocycles. The van der Waals surface area contributed by atoms with Gasteiger partial charge >= 0.3 is 0 Å². The predicted octanol–water partition coefficient (Wildman–Crippen LogP) is 2.78. The lowest BCUT2D eigenvalue weighted by Gasteiger charge is -2.33. The molecule has 2 nitrogen and oxygen atoms in total. The predicted molar refractivity (Wildman–Crippen MR) is 61.4 cm³/mol. The topological polar surface area (TPSA) is 29.3 Å². The number of hydrogen-bond acceptors (Lipinski definition) is 2. The summed E-state index contributed by atoms with van der Waals surface area (Å²) in [7, 11) is 0. The summed E-state index contributed by atoms with van der Waals surface area (Å²) in [4.78, 5) is 1.97. The van der Waals surface area contributed by atoms with Crippen LogP contribution in [-0.4, -0.2) is 13.1 Å². The van der Waals surface area contributed by atoms with E-state index in [1.165, 1.54) is 6.07 Å². The van der Waals surface area contributed by atoms with E-state index in [9.17, 15) is 8.78 Å². The first-order valence-electron chi connectivity index (χ1n) is 5.57. The zero-order chi connectivity index (χ0) is 11.7. The Balaban J connectivity index is 2.32. The van der Waals surface area contributed by atoms with E-state index in [4.69, 9.17) is 5.73 Å². The van der Waals surface area contributed by atoms with Crippen molar-refractivity contribution in [3.63, 3.8) is 0 Å². The third-order valence-electron chi connectivity index (χ3n) is 3.07. The lowest BCUT2D eigenvalue weighted by molar-refractivity contribution is 0.446. The molecule has 88 valence electrons. The summed E-state index contributed by atoms with van der Waals surface area (Å²) in [5, 5.41) is 0. The lowest BCUT2D eigenvalue weighted by Crippen LogP contribution is -2.34. The first-order valence-corrected chi connectivity index (χ1v) is 5.57. The van der Waals surface area contributed by atoms with E-state index in [0.29, 0.717) is 11.6 Å². The first kappa shape index (κ1) is 11.2. The van der Waals surface area contributed by atoms with Gasteiger partial charge in [0.2, 0.25) is 0 Å². The fourth-order valence-electron chi connectivity index (χ4n) is 2.24. The molecule has 1 atom stereocenters. The number of hydrogen-bond donors (Lipinski definition) is 1. The van der Waals surface area contributed by atoms with Gasteiger partial charge in [-0.05, 0) is 24.8 Å². The molecule has 16 heavy (non-hydrogen) atoms. The molecule has 4 heteroatoms. The second-order valence-electron chi connectivity index (χ2n) is 4.51. The van der Waals surface area contributed by atoms with E-state index < -0.39 is 11.6 Å². The summed E-state index contributed by atoms with van der Waals surface area (Å²) in [5.74, 6) is -0.701. The smallest absolute Gasteiger partial charge is 0.151 e. The van der Waals surface area contributed by atoms with Crippen LogP contribution in [0.1, 0.15) is 19.8 Å². The van der Waals surface area contributed by atoms with Crippen LogP contribution >= 0.6 is 0 Å². The number of halogens is 2. The maximum absolute atomic E-state index is 13.3. The number of nitrogens with two attached hydrogens (primary N) is 1. The first-order chi connectivity index (χ1) is 7.58. The van der Waals surface area contributed by atoms with Crippen LogP contribution in [0, 0.1) is 17.6 Å². The molecule has 0 spiro atoms. The van der Waals surface area contributed by atoms with E-state index in [1.807, 2.05) is 4.90 Å². The molecule has 0 bridgehead atoms. The third-order valence-corrected chi connectivity index (χ3v) is 3.07. The van der Waals surface area contributed by atoms with Crippen molar-refractivity contribution in [3.05, 3.63) is 23.8 Å². The van der Waals surface area contributed by atoms with Gasteiger partial charge in [-0.3, -0.25) is 0 Å². The molecule has 0 saturated carbocycles. The number of anilines is 2. The van der Waals surface area contributed by atoms with Gasteiger partial charge in [0.15, 0.2) is 5.82 Å². The van der Waals surface area contributed by atoms with Gasteiger partial charge in [-0.25, -0.2) is 8.78 Å². The molecule has 0 aliphatic carbocycles. The highest BCUT2D eigenvalue weighted by Gasteiger charge is 2.20. The Hall–Kier alpha value is -1.32. The van der Waals surface area contributed by atoms with Crippen molar-refractivity contribution >= 4 is 11.4 Å². The molecular weight excluding hydrogens is 210 g/mol. The number of nitrogens with zero attached hydrogens (tertiary/aromatic N) is 1. The van der Waals surface area contributed by atoms with Gasteiger partial charge in [0.05, 0.1) is 11.4 Å². The van der Waals surface area contributed by atoms with Crippen molar-refractivity contribution < 1.29 is 8.78 Å². The molecule has 1 fully saturated rings. The summed E-state index contributed by atoms with van der Waals surface area (Å²) in [6, 6.07) is 2.14. The van der Waals surface area contributed by atoms with E-state index in [0.717, 1.165) is 32.0 Å². The number of rotatable bonds is 1. The average molecular weight is 226 g/mol. The Morgan fingerprint density at radius 1 is 1.38 bits per heavy atom. The highest BCUT2D eigenvalue weighted by Crippen LogP contribution is 2.30. The van der Waals surface area contributed by atoms with Crippen LogP contribution in [0.15, 0.2) is 12.1 Å². The minimum Gasteiger partial charge on any atom is -0.395 e. The van der Waals surface area contributed by atoms with Crippen LogP contribution in [0.25, 0.3) is 0 Å². The van der Waals surface area contributed by atoms with Crippen molar-refractivity contribution in [2.45, 2.75) is 19.8 Å². The zero-order valence-corrected chi connectivity index (χ0v) is 9.34. The minimum absolute atomic E-state index is 0.0514. The van der Waals surface area contributed by atoms with Crippen LogP contribution in [0.3, 0.4) is 0 Å². The van der Waals surface area contributed by atoms with Gasteiger partial charge < -0.3 is 10.6 Å². The zero-order valence-electron chi connectivity index (χ0n) is 9.34. The molecular formula is C12H16F2N2. The number of nitrogen functional groups attached to an aromatic ring is 1. The number of benzene rings is 1. The Bertz CT molecular complexity index is 393. The molecule has 0 amide bonds. The Kier molecular flexibility index (Phi) is 2.99. The second kappa shape index (κ2) is 4.28. The van der Waals surface area contributed by atoms with E-state index in [1.54, 1.807) is 0 Å². The standard InChI is InChI=1S/C12H16F2N2/c1-8-3-2-4-16(7-8)11-6-9(13)5-10(14)12(11)15/h5-6,8H,2-4,7,15H2,1H3. The molecule has 2 rings (SSSR count). The SMILES string of the molecule is CC1CCCN(c2cc(F)cc(F)c2N)C1. The Morgan fingerprint density at radius 3 is 2.81 bits per heavy atom. The quantitative estimate of drug-likeness (QED) is 0.746. The molecule has 1 aromatic rings. The molecule has 0 aromatic heterocycles. The van der Waals surface area contributed by atoms with Crippen molar-refractivity contribution in [3.8, 4) is 0 Å². The van der Waals surface area contributed by atoms with Gasteiger partial charge in [-0.15, -0.1) is 0 Å². The molecule has 1 unspecified atom stereocenters. The summed E-state index contributed by atoms with van der Waals surface area (Å²) >= 11 is 0. The van der Waals surface area contributed by atoms with Crippen LogP contribution in [0.2, 0.25) is 0 Å². The summed E-state index contributed by atoms with van der Waals surface area (Å²) in [6.45, 7) is 3.77. The van der Waals surface area contributed by atoms with Crippen molar-refractivity contribution in [1.29, 1.82) is 0 Å². The van der Waals surface area contributed by atoms with E-state index in [2.05, 4.69) is 6.92 Å². The van der Waals surface area contributed by atoms with Crippen molar-refractivity contribution in [2.24, 2.45) is 5.92 Å². The normalized spacial score (nSPS) is 21.2. The lowest BCUT2D eigenvalue weighted by atomic mass is 9.99. The average Bonchev–Trinajstić information content (AvgIpc) is 2.23. The fourth-order valence-corrected chi connectivity index (χ4v) is 2.24. The monoisotopic (exact) mass is 226 g/mol. The number of piperidine rings is 1. The highest BCUT2D eigenvalue weighted by molar-refractivity contribution is 5.68. The molecule has 0 radical (unpaired) electrons. The Labute approximate surface area is 94.0 Å². The molecule has 1 aromatic carbocycles. The van der Waals surface area contributed by atoms with Crippen molar-refractivity contribution in [1.82, 2.24) is 0 Å². The van der Waals surface area contributed by atoms with E-state index >= 15 is 0 Å². The Morgan fingerprint density at radius 2 is 2.12 bits per heavy atom. The maximum atomic E-state index is 13.3. The van der Waals surface area contributed by atoms with E-state index in [-0.39, 0.29) is 5.69 Å². The van der Waals surface area contributed by atoms with Crippen LogP contribution in [-0.2, 0) is 0 Å². The van der Waals surface area contributed by atoms with Gasteiger partial charge in [-0.2, -0.15) is 0 Å². The highest BCUT2D eigenvalue weighted by atomic mass is 19.1. The van der Waals surface area contributed by atoms with Crippen LogP contribution in [0.4, 0.5) is 20.2 Å². The van der Waals surface area contributed by atoms with Gasteiger partial charge in [0.1, 0.15) is 5.82 Å².